The molecule has 10 heteroatoms. The Morgan fingerprint density at radius 1 is 0.826 bits per heavy atom. The van der Waals surface area contributed by atoms with Crippen LogP contribution >= 0.6 is 34.8 Å². The van der Waals surface area contributed by atoms with E-state index < -0.39 is 23.6 Å². The molecule has 0 N–H and O–H groups in total. The molecule has 1 heterocycles. The highest BCUT2D eigenvalue weighted by Gasteiger charge is 2.44. The van der Waals surface area contributed by atoms with Gasteiger partial charge in [0.2, 0.25) is 0 Å². The average molecular weight is 395 g/mol. The van der Waals surface area contributed by atoms with Gasteiger partial charge in [0.1, 0.15) is 0 Å². The zero-order chi connectivity index (χ0) is 17.6. The van der Waals surface area contributed by atoms with Crippen molar-refractivity contribution >= 4 is 34.8 Å². The van der Waals surface area contributed by atoms with Crippen LogP contribution in [0.3, 0.4) is 0 Å². The fraction of sp³-hybridized carbons (Fsp3) is 0.154. The summed E-state index contributed by atoms with van der Waals surface area (Å²) >= 11 is 17.4. The minimum absolute atomic E-state index is 0.0531. The predicted molar refractivity (Wildman–Crippen MR) is 74.7 cm³/mol. The first-order valence-electron chi connectivity index (χ1n) is 5.70. The molecule has 0 saturated carbocycles. The van der Waals surface area contributed by atoms with Gasteiger partial charge in [-0.25, -0.2) is 0 Å². The van der Waals surface area contributed by atoms with Crippen LogP contribution in [0.2, 0.25) is 15.1 Å². The molecule has 0 aliphatic rings. The summed E-state index contributed by atoms with van der Waals surface area (Å²) in [6.45, 7) is 0. The zero-order valence-electron chi connectivity index (χ0n) is 10.7. The maximum Gasteiger partial charge on any atom is 0.433 e. The second kappa shape index (κ2) is 6.03. The third kappa shape index (κ3) is 3.84. The van der Waals surface area contributed by atoms with E-state index in [4.69, 9.17) is 34.8 Å². The lowest BCUT2D eigenvalue weighted by molar-refractivity contribution is -0.164. The van der Waals surface area contributed by atoms with Crippen molar-refractivity contribution in [3.05, 3.63) is 50.7 Å². The maximum atomic E-state index is 12.9. The standard InChI is InChI=1S/C13H4Cl3F6N/c14-6-2-7(10(16)9(15)3-6)5-1-8(12(17,18)19)11(23-4-5)13(20,21)22/h1-4H. The average Bonchev–Trinajstić information content (AvgIpc) is 2.40. The highest BCUT2D eigenvalue weighted by atomic mass is 35.5. The van der Waals surface area contributed by atoms with E-state index in [0.717, 1.165) is 0 Å². The van der Waals surface area contributed by atoms with Gasteiger partial charge in [0, 0.05) is 22.3 Å². The van der Waals surface area contributed by atoms with Gasteiger partial charge >= 0.3 is 12.4 Å². The van der Waals surface area contributed by atoms with E-state index in [1.165, 1.54) is 12.1 Å². The molecule has 0 bridgehead atoms. The number of rotatable bonds is 1. The van der Waals surface area contributed by atoms with Crippen molar-refractivity contribution in [3.8, 4) is 11.1 Å². The van der Waals surface area contributed by atoms with E-state index in [1.807, 2.05) is 0 Å². The first-order valence-corrected chi connectivity index (χ1v) is 6.84. The van der Waals surface area contributed by atoms with Crippen LogP contribution in [0.1, 0.15) is 11.3 Å². The molecule has 2 rings (SSSR count). The third-order valence-corrected chi connectivity index (χ3v) is 3.79. The van der Waals surface area contributed by atoms with Crippen molar-refractivity contribution in [1.29, 1.82) is 0 Å². The summed E-state index contributed by atoms with van der Waals surface area (Å²) in [7, 11) is 0. The Morgan fingerprint density at radius 3 is 1.96 bits per heavy atom. The Bertz CT molecular complexity index is 755. The van der Waals surface area contributed by atoms with Crippen molar-refractivity contribution in [2.24, 2.45) is 0 Å². The largest absolute Gasteiger partial charge is 0.433 e. The zero-order valence-corrected chi connectivity index (χ0v) is 12.9. The Balaban J connectivity index is 2.73. The molecule has 23 heavy (non-hydrogen) atoms. The van der Waals surface area contributed by atoms with Crippen LogP contribution in [0.4, 0.5) is 26.3 Å². The number of halogens is 9. The molecule has 0 fully saturated rings. The van der Waals surface area contributed by atoms with Crippen LogP contribution in [-0.4, -0.2) is 4.98 Å². The smallest absolute Gasteiger partial charge is 0.251 e. The van der Waals surface area contributed by atoms with Gasteiger partial charge in [-0.15, -0.1) is 0 Å². The van der Waals surface area contributed by atoms with E-state index in [-0.39, 0.29) is 26.2 Å². The molecular formula is C13H4Cl3F6N. The predicted octanol–water partition coefficient (Wildman–Crippen LogP) is 6.75. The van der Waals surface area contributed by atoms with Crippen molar-refractivity contribution < 1.29 is 26.3 Å². The summed E-state index contributed by atoms with van der Waals surface area (Å²) in [5.74, 6) is 0. The summed E-state index contributed by atoms with van der Waals surface area (Å²) in [4.78, 5) is 2.90. The van der Waals surface area contributed by atoms with E-state index in [1.54, 1.807) is 0 Å². The number of hydrogen-bond donors (Lipinski definition) is 0. The van der Waals surface area contributed by atoms with Crippen molar-refractivity contribution in [1.82, 2.24) is 4.98 Å². The number of nitrogens with zero attached hydrogens (tertiary/aromatic N) is 1. The SMILES string of the molecule is FC(F)(F)c1cc(-c2cc(Cl)cc(Cl)c2Cl)cnc1C(F)(F)F. The van der Waals surface area contributed by atoms with E-state index >= 15 is 0 Å². The molecule has 0 aliphatic carbocycles. The molecule has 2 aromatic rings. The second-order valence-corrected chi connectivity index (χ2v) is 5.59. The van der Waals surface area contributed by atoms with Crippen LogP contribution in [-0.2, 0) is 12.4 Å². The van der Waals surface area contributed by atoms with Gasteiger partial charge in [-0.3, -0.25) is 4.98 Å². The number of aromatic nitrogens is 1. The van der Waals surface area contributed by atoms with Crippen LogP contribution in [0.25, 0.3) is 11.1 Å². The molecule has 1 aromatic carbocycles. The first-order chi connectivity index (χ1) is 10.4. The second-order valence-electron chi connectivity index (χ2n) is 4.36. The van der Waals surface area contributed by atoms with Crippen LogP contribution in [0.15, 0.2) is 24.4 Å². The highest BCUT2D eigenvalue weighted by molar-refractivity contribution is 6.45. The minimum atomic E-state index is -5.25. The van der Waals surface area contributed by atoms with Gasteiger partial charge in [0.25, 0.3) is 0 Å². The molecule has 0 saturated heterocycles. The molecule has 124 valence electrons. The monoisotopic (exact) mass is 393 g/mol. The quantitative estimate of drug-likeness (QED) is 0.385. The lowest BCUT2D eigenvalue weighted by Crippen LogP contribution is -2.18. The third-order valence-electron chi connectivity index (χ3n) is 2.77. The lowest BCUT2D eigenvalue weighted by atomic mass is 10.0. The fourth-order valence-corrected chi connectivity index (χ4v) is 2.53. The van der Waals surface area contributed by atoms with Gasteiger partial charge in [0.15, 0.2) is 5.69 Å². The van der Waals surface area contributed by atoms with Crippen LogP contribution < -0.4 is 0 Å². The normalized spacial score (nSPS) is 12.6. The van der Waals surface area contributed by atoms with Gasteiger partial charge in [-0.2, -0.15) is 26.3 Å². The number of benzene rings is 1. The van der Waals surface area contributed by atoms with Gasteiger partial charge < -0.3 is 0 Å². The minimum Gasteiger partial charge on any atom is -0.251 e. The van der Waals surface area contributed by atoms with E-state index in [2.05, 4.69) is 4.98 Å². The first kappa shape index (κ1) is 18.2. The Morgan fingerprint density at radius 2 is 1.43 bits per heavy atom. The molecule has 0 aliphatic heterocycles. The Hall–Kier alpha value is -1.18. The molecule has 0 unspecified atom stereocenters. The van der Waals surface area contributed by atoms with Crippen LogP contribution in [0.5, 0.6) is 0 Å². The van der Waals surface area contributed by atoms with Gasteiger partial charge in [-0.1, -0.05) is 34.8 Å². The molecule has 1 aromatic heterocycles. The van der Waals surface area contributed by atoms with Crippen LogP contribution in [0, 0.1) is 0 Å². The molecule has 1 nitrogen and oxygen atoms in total. The van der Waals surface area contributed by atoms with E-state index in [9.17, 15) is 26.3 Å². The summed E-state index contributed by atoms with van der Waals surface area (Å²) in [5.41, 5.74) is -4.30. The molecule has 0 spiro atoms. The summed E-state index contributed by atoms with van der Waals surface area (Å²) in [6, 6.07) is 2.74. The Kier molecular flexibility index (Phi) is 4.76. The highest BCUT2D eigenvalue weighted by Crippen LogP contribution is 2.42. The van der Waals surface area contributed by atoms with Gasteiger partial charge in [0.05, 0.1) is 15.6 Å². The number of hydrogen-bond acceptors (Lipinski definition) is 1. The number of alkyl halides is 6. The van der Waals surface area contributed by atoms with Crippen molar-refractivity contribution in [2.45, 2.75) is 12.4 Å². The summed E-state index contributed by atoms with van der Waals surface area (Å²) < 4.78 is 76.8. The summed E-state index contributed by atoms with van der Waals surface area (Å²) in [6.07, 6.45) is -9.87. The van der Waals surface area contributed by atoms with Crippen molar-refractivity contribution in [2.75, 3.05) is 0 Å². The lowest BCUT2D eigenvalue weighted by Gasteiger charge is -2.16. The molecule has 0 atom stereocenters. The molecular weight excluding hydrogens is 390 g/mol. The summed E-state index contributed by atoms with van der Waals surface area (Å²) in [5, 5.41) is -0.142. The topological polar surface area (TPSA) is 12.9 Å². The number of pyridine rings is 1. The fourth-order valence-electron chi connectivity index (χ4n) is 1.82. The van der Waals surface area contributed by atoms with E-state index in [0.29, 0.717) is 12.3 Å². The maximum absolute atomic E-state index is 12.9. The molecule has 0 radical (unpaired) electrons. The van der Waals surface area contributed by atoms with Crippen molar-refractivity contribution in [3.63, 3.8) is 0 Å². The van der Waals surface area contributed by atoms with Gasteiger partial charge in [-0.05, 0) is 18.2 Å². The molecule has 0 amide bonds. The Labute approximate surface area is 140 Å².